The second-order valence-corrected chi connectivity index (χ2v) is 6.11. The molecule has 4 aromatic rings. The monoisotopic (exact) mass is 354 g/mol. The van der Waals surface area contributed by atoms with E-state index in [1.165, 1.54) is 0 Å². The van der Waals surface area contributed by atoms with Crippen molar-refractivity contribution >= 4 is 5.82 Å². The van der Waals surface area contributed by atoms with Crippen LogP contribution in [0.15, 0.2) is 91.1 Å². The molecule has 1 aromatic heterocycles. The molecule has 0 amide bonds. The molecule has 3 N–H and O–H groups in total. The first kappa shape index (κ1) is 16.7. The number of aromatic nitrogens is 1. The lowest BCUT2D eigenvalue weighted by atomic mass is 10.0. The van der Waals surface area contributed by atoms with Gasteiger partial charge in [-0.15, -0.1) is 0 Å². The highest BCUT2D eigenvalue weighted by Crippen LogP contribution is 2.36. The second kappa shape index (κ2) is 7.22. The van der Waals surface area contributed by atoms with Crippen LogP contribution in [0.3, 0.4) is 0 Å². The fraction of sp³-hybridized carbons (Fsp3) is 0. The Labute approximate surface area is 157 Å². The van der Waals surface area contributed by atoms with Crippen molar-refractivity contribution < 1.29 is 9.84 Å². The maximum absolute atomic E-state index is 9.52. The molecule has 0 spiro atoms. The van der Waals surface area contributed by atoms with Crippen molar-refractivity contribution in [2.45, 2.75) is 0 Å². The van der Waals surface area contributed by atoms with Gasteiger partial charge in [-0.25, -0.2) is 4.98 Å². The number of phenols is 1. The van der Waals surface area contributed by atoms with Crippen LogP contribution in [-0.4, -0.2) is 10.1 Å². The summed E-state index contributed by atoms with van der Waals surface area (Å²) in [6, 6.07) is 26.4. The van der Waals surface area contributed by atoms with E-state index in [1.807, 2.05) is 72.8 Å². The van der Waals surface area contributed by atoms with Gasteiger partial charge < -0.3 is 15.6 Å². The molecule has 0 unspecified atom stereocenters. The maximum atomic E-state index is 9.52. The van der Waals surface area contributed by atoms with Crippen LogP contribution in [0, 0.1) is 0 Å². The standard InChI is InChI=1S/C23H18N2O2/c24-23-21(16-10-12-18(26)13-11-16)14-17(15-25-23)20-8-4-5-9-22(20)27-19-6-2-1-3-7-19/h1-15,26H,(H2,24,25). The number of benzene rings is 3. The SMILES string of the molecule is Nc1ncc(-c2ccccc2Oc2ccccc2)cc1-c1ccc(O)cc1. The summed E-state index contributed by atoms with van der Waals surface area (Å²) in [6.07, 6.45) is 1.74. The molecule has 0 fully saturated rings. The highest BCUT2D eigenvalue weighted by atomic mass is 16.5. The summed E-state index contributed by atoms with van der Waals surface area (Å²) in [6.45, 7) is 0. The number of phenolic OH excluding ortho intramolecular Hbond substituents is 1. The summed E-state index contributed by atoms with van der Waals surface area (Å²) in [7, 11) is 0. The van der Waals surface area contributed by atoms with Crippen LogP contribution in [0.1, 0.15) is 0 Å². The number of nitrogen functional groups attached to an aromatic ring is 1. The molecular formula is C23H18N2O2. The van der Waals surface area contributed by atoms with E-state index in [0.717, 1.165) is 33.8 Å². The number of anilines is 1. The van der Waals surface area contributed by atoms with Gasteiger partial charge in [0.15, 0.2) is 0 Å². The number of nitrogens with two attached hydrogens (primary N) is 1. The van der Waals surface area contributed by atoms with Crippen LogP contribution < -0.4 is 10.5 Å². The van der Waals surface area contributed by atoms with Gasteiger partial charge in [0.1, 0.15) is 23.1 Å². The van der Waals surface area contributed by atoms with Gasteiger partial charge in [-0.1, -0.05) is 48.5 Å². The smallest absolute Gasteiger partial charge is 0.135 e. The molecule has 0 bridgehead atoms. The molecule has 4 rings (SSSR count). The van der Waals surface area contributed by atoms with Crippen molar-refractivity contribution in [3.05, 3.63) is 91.1 Å². The minimum absolute atomic E-state index is 0.211. The molecule has 132 valence electrons. The highest BCUT2D eigenvalue weighted by Gasteiger charge is 2.11. The zero-order valence-corrected chi connectivity index (χ0v) is 14.5. The fourth-order valence-corrected chi connectivity index (χ4v) is 2.90. The average Bonchev–Trinajstić information content (AvgIpc) is 2.71. The van der Waals surface area contributed by atoms with Crippen molar-refractivity contribution in [2.24, 2.45) is 0 Å². The van der Waals surface area contributed by atoms with E-state index in [4.69, 9.17) is 10.5 Å². The molecular weight excluding hydrogens is 336 g/mol. The molecule has 0 aliphatic rings. The molecule has 0 aliphatic carbocycles. The Morgan fingerprint density at radius 3 is 2.22 bits per heavy atom. The number of para-hydroxylation sites is 2. The number of pyridine rings is 1. The van der Waals surface area contributed by atoms with Gasteiger partial charge in [-0.2, -0.15) is 0 Å². The molecule has 3 aromatic carbocycles. The number of ether oxygens (including phenoxy) is 1. The topological polar surface area (TPSA) is 68.4 Å². The summed E-state index contributed by atoms with van der Waals surface area (Å²) in [4.78, 5) is 4.36. The Bertz CT molecular complexity index is 1060. The minimum atomic E-state index is 0.211. The Morgan fingerprint density at radius 1 is 0.741 bits per heavy atom. The maximum Gasteiger partial charge on any atom is 0.135 e. The normalized spacial score (nSPS) is 10.5. The quantitative estimate of drug-likeness (QED) is 0.508. The van der Waals surface area contributed by atoms with Crippen molar-refractivity contribution in [1.29, 1.82) is 0 Å². The number of aromatic hydroxyl groups is 1. The lowest BCUT2D eigenvalue weighted by Crippen LogP contribution is -1.96. The molecule has 0 atom stereocenters. The van der Waals surface area contributed by atoms with Crippen molar-refractivity contribution in [3.63, 3.8) is 0 Å². The molecule has 0 aliphatic heterocycles. The molecule has 1 heterocycles. The Hall–Kier alpha value is -3.79. The van der Waals surface area contributed by atoms with Crippen LogP contribution in [-0.2, 0) is 0 Å². The summed E-state index contributed by atoms with van der Waals surface area (Å²) < 4.78 is 6.06. The molecule has 0 saturated carbocycles. The van der Waals surface area contributed by atoms with E-state index in [2.05, 4.69) is 4.98 Å². The fourth-order valence-electron chi connectivity index (χ4n) is 2.90. The molecule has 0 radical (unpaired) electrons. The van der Waals surface area contributed by atoms with E-state index in [1.54, 1.807) is 18.3 Å². The van der Waals surface area contributed by atoms with Crippen LogP contribution in [0.5, 0.6) is 17.2 Å². The van der Waals surface area contributed by atoms with E-state index < -0.39 is 0 Å². The van der Waals surface area contributed by atoms with Crippen molar-refractivity contribution in [3.8, 4) is 39.5 Å². The lowest BCUT2D eigenvalue weighted by molar-refractivity contribution is 0.475. The molecule has 27 heavy (non-hydrogen) atoms. The molecule has 4 nitrogen and oxygen atoms in total. The third kappa shape index (κ3) is 3.60. The van der Waals surface area contributed by atoms with Gasteiger partial charge in [-0.3, -0.25) is 0 Å². The Kier molecular flexibility index (Phi) is 4.45. The summed E-state index contributed by atoms with van der Waals surface area (Å²) in [5, 5.41) is 9.52. The first-order valence-electron chi connectivity index (χ1n) is 8.58. The van der Waals surface area contributed by atoms with Gasteiger partial charge in [0.25, 0.3) is 0 Å². The van der Waals surface area contributed by atoms with E-state index >= 15 is 0 Å². The van der Waals surface area contributed by atoms with E-state index in [0.29, 0.717) is 5.82 Å². The first-order valence-corrected chi connectivity index (χ1v) is 8.58. The van der Waals surface area contributed by atoms with Crippen LogP contribution >= 0.6 is 0 Å². The number of hydrogen-bond acceptors (Lipinski definition) is 4. The second-order valence-electron chi connectivity index (χ2n) is 6.11. The van der Waals surface area contributed by atoms with Crippen LogP contribution in [0.25, 0.3) is 22.3 Å². The van der Waals surface area contributed by atoms with Crippen LogP contribution in [0.4, 0.5) is 5.82 Å². The number of nitrogens with zero attached hydrogens (tertiary/aromatic N) is 1. The Morgan fingerprint density at radius 2 is 1.44 bits per heavy atom. The summed E-state index contributed by atoms with van der Waals surface area (Å²) >= 11 is 0. The van der Waals surface area contributed by atoms with Gasteiger partial charge in [0.05, 0.1) is 0 Å². The van der Waals surface area contributed by atoms with Crippen molar-refractivity contribution in [1.82, 2.24) is 4.98 Å². The van der Waals surface area contributed by atoms with Crippen LogP contribution in [0.2, 0.25) is 0 Å². The van der Waals surface area contributed by atoms with Gasteiger partial charge in [0.2, 0.25) is 0 Å². The third-order valence-corrected chi connectivity index (χ3v) is 4.27. The first-order chi connectivity index (χ1) is 13.2. The minimum Gasteiger partial charge on any atom is -0.508 e. The van der Waals surface area contributed by atoms with Gasteiger partial charge >= 0.3 is 0 Å². The summed E-state index contributed by atoms with van der Waals surface area (Å²) in [5.41, 5.74) is 9.62. The number of hydrogen-bond donors (Lipinski definition) is 2. The predicted octanol–water partition coefficient (Wildman–Crippen LogP) is 5.50. The van der Waals surface area contributed by atoms with Gasteiger partial charge in [0, 0.05) is 22.9 Å². The predicted molar refractivity (Wildman–Crippen MR) is 108 cm³/mol. The molecule has 0 saturated heterocycles. The largest absolute Gasteiger partial charge is 0.508 e. The van der Waals surface area contributed by atoms with Crippen molar-refractivity contribution in [2.75, 3.05) is 5.73 Å². The highest BCUT2D eigenvalue weighted by molar-refractivity contribution is 5.81. The van der Waals surface area contributed by atoms with E-state index in [-0.39, 0.29) is 5.75 Å². The molecule has 4 heteroatoms. The Balaban J connectivity index is 1.76. The third-order valence-electron chi connectivity index (χ3n) is 4.27. The zero-order valence-electron chi connectivity index (χ0n) is 14.5. The number of rotatable bonds is 4. The average molecular weight is 354 g/mol. The van der Waals surface area contributed by atoms with Gasteiger partial charge in [-0.05, 0) is 42.0 Å². The van der Waals surface area contributed by atoms with E-state index in [9.17, 15) is 5.11 Å². The zero-order chi connectivity index (χ0) is 18.6. The summed E-state index contributed by atoms with van der Waals surface area (Å²) in [5.74, 6) is 2.16. The lowest BCUT2D eigenvalue weighted by Gasteiger charge is -2.13.